The Labute approximate surface area is 208 Å². The SMILES string of the molecule is Cc1ccc(S(=O)(=O)c2nc(S(=O)(=O)c3ccc(C)cc3)c(S(=O)(=O)c3ccc(C)cc3)s2)cc1. The smallest absolute Gasteiger partial charge is 0.218 e. The maximum atomic E-state index is 13.5. The fourth-order valence-electron chi connectivity index (χ4n) is 3.20. The van der Waals surface area contributed by atoms with Gasteiger partial charge in [0.05, 0.1) is 14.7 Å². The lowest BCUT2D eigenvalue weighted by atomic mass is 10.2. The third-order valence-corrected chi connectivity index (χ3v) is 12.7. The van der Waals surface area contributed by atoms with Crippen molar-refractivity contribution in [3.63, 3.8) is 0 Å². The number of aryl methyl sites for hydroxylation is 3. The number of sulfone groups is 3. The van der Waals surface area contributed by atoms with E-state index >= 15 is 0 Å². The zero-order chi connectivity index (χ0) is 25.6. The molecule has 35 heavy (non-hydrogen) atoms. The molecule has 0 fully saturated rings. The summed E-state index contributed by atoms with van der Waals surface area (Å²) < 4.78 is 79.4. The molecule has 0 amide bonds. The van der Waals surface area contributed by atoms with Crippen molar-refractivity contribution >= 4 is 40.8 Å². The molecule has 0 saturated heterocycles. The fraction of sp³-hybridized carbons (Fsp3) is 0.125. The third kappa shape index (κ3) is 4.68. The second-order valence-electron chi connectivity index (χ2n) is 8.02. The van der Waals surface area contributed by atoms with E-state index in [1.165, 1.54) is 36.4 Å². The predicted molar refractivity (Wildman–Crippen MR) is 132 cm³/mol. The Balaban J connectivity index is 1.99. The molecule has 1 aromatic heterocycles. The number of rotatable bonds is 6. The van der Waals surface area contributed by atoms with E-state index in [1.807, 2.05) is 0 Å². The zero-order valence-electron chi connectivity index (χ0n) is 19.0. The third-order valence-electron chi connectivity index (χ3n) is 5.27. The highest BCUT2D eigenvalue weighted by molar-refractivity contribution is 7.97. The Morgan fingerprint density at radius 2 is 0.857 bits per heavy atom. The Morgan fingerprint density at radius 3 is 1.26 bits per heavy atom. The lowest BCUT2D eigenvalue weighted by molar-refractivity contribution is 0.579. The second kappa shape index (κ2) is 8.98. The van der Waals surface area contributed by atoms with Gasteiger partial charge in [-0.15, -0.1) is 0 Å². The first-order chi connectivity index (χ1) is 16.3. The normalized spacial score (nSPS) is 12.5. The Bertz CT molecular complexity index is 1630. The summed E-state index contributed by atoms with van der Waals surface area (Å²) in [5.41, 5.74) is 2.44. The molecule has 3 aromatic carbocycles. The summed E-state index contributed by atoms with van der Waals surface area (Å²) in [5.74, 6) is 0. The van der Waals surface area contributed by atoms with Gasteiger partial charge in [0.2, 0.25) is 33.9 Å². The summed E-state index contributed by atoms with van der Waals surface area (Å²) in [7, 11) is -13.1. The van der Waals surface area contributed by atoms with E-state index in [0.717, 1.165) is 16.7 Å². The van der Waals surface area contributed by atoms with Crippen molar-refractivity contribution in [2.75, 3.05) is 0 Å². The second-order valence-corrected chi connectivity index (χ2v) is 15.2. The van der Waals surface area contributed by atoms with Crippen LogP contribution in [0, 0.1) is 20.8 Å². The van der Waals surface area contributed by atoms with Crippen LogP contribution in [-0.2, 0) is 29.5 Å². The number of nitrogens with zero attached hydrogens (tertiary/aromatic N) is 1. The van der Waals surface area contributed by atoms with Crippen molar-refractivity contribution in [1.29, 1.82) is 0 Å². The van der Waals surface area contributed by atoms with E-state index < -0.39 is 43.1 Å². The first kappa shape index (κ1) is 25.2. The van der Waals surface area contributed by atoms with E-state index in [2.05, 4.69) is 4.98 Å². The molecule has 0 saturated carbocycles. The molecule has 0 N–H and O–H groups in total. The zero-order valence-corrected chi connectivity index (χ0v) is 22.2. The topological polar surface area (TPSA) is 115 Å². The standard InChI is InChI=1S/C24H21NO6S4/c1-16-4-10-19(11-5-16)33(26,27)22-23(34(28,29)20-12-6-17(2)7-13-20)32-24(25-22)35(30,31)21-14-8-18(3)9-15-21/h4-15H,1-3H3. The average Bonchev–Trinajstić information content (AvgIpc) is 3.28. The van der Waals surface area contributed by atoms with Gasteiger partial charge in [-0.2, -0.15) is 0 Å². The minimum atomic E-state index is -4.46. The van der Waals surface area contributed by atoms with Gasteiger partial charge >= 0.3 is 0 Å². The highest BCUT2D eigenvalue weighted by Gasteiger charge is 2.37. The lowest BCUT2D eigenvalue weighted by Gasteiger charge is -2.07. The highest BCUT2D eigenvalue weighted by Crippen LogP contribution is 2.38. The van der Waals surface area contributed by atoms with Crippen LogP contribution in [0.3, 0.4) is 0 Å². The van der Waals surface area contributed by atoms with Crippen LogP contribution in [0.4, 0.5) is 0 Å². The van der Waals surface area contributed by atoms with Gasteiger partial charge in [-0.25, -0.2) is 30.2 Å². The van der Waals surface area contributed by atoms with Gasteiger partial charge in [0.1, 0.15) is 0 Å². The minimum absolute atomic E-state index is 0.115. The molecule has 4 aromatic rings. The molecular formula is C24H21NO6S4. The molecule has 0 aliphatic rings. The molecule has 0 atom stereocenters. The van der Waals surface area contributed by atoms with Crippen LogP contribution in [0.2, 0.25) is 0 Å². The monoisotopic (exact) mass is 547 g/mol. The fourth-order valence-corrected chi connectivity index (χ4v) is 10.00. The van der Waals surface area contributed by atoms with E-state index in [9.17, 15) is 25.3 Å². The van der Waals surface area contributed by atoms with Crippen molar-refractivity contribution in [3.8, 4) is 0 Å². The van der Waals surface area contributed by atoms with Crippen molar-refractivity contribution in [2.24, 2.45) is 0 Å². The van der Waals surface area contributed by atoms with Crippen molar-refractivity contribution in [1.82, 2.24) is 4.98 Å². The molecule has 7 nitrogen and oxygen atoms in total. The van der Waals surface area contributed by atoms with Crippen molar-refractivity contribution in [3.05, 3.63) is 89.5 Å². The van der Waals surface area contributed by atoms with Crippen molar-refractivity contribution < 1.29 is 25.3 Å². The molecule has 11 heteroatoms. The maximum Gasteiger partial charge on any atom is 0.233 e. The molecule has 0 radical (unpaired) electrons. The number of thiazole rings is 1. The molecule has 1 heterocycles. The largest absolute Gasteiger partial charge is 0.233 e. The van der Waals surface area contributed by atoms with Crippen LogP contribution in [0.15, 0.2) is 101 Å². The molecule has 0 unspecified atom stereocenters. The predicted octanol–water partition coefficient (Wildman–Crippen LogP) is 4.57. The van der Waals surface area contributed by atoms with Gasteiger partial charge in [-0.1, -0.05) is 64.4 Å². The minimum Gasteiger partial charge on any atom is -0.218 e. The highest BCUT2D eigenvalue weighted by atomic mass is 32.3. The summed E-state index contributed by atoms with van der Waals surface area (Å²) in [6, 6.07) is 17.6. The van der Waals surface area contributed by atoms with Crippen LogP contribution in [0.25, 0.3) is 0 Å². The van der Waals surface area contributed by atoms with Crippen LogP contribution >= 0.6 is 11.3 Å². The summed E-state index contributed by atoms with van der Waals surface area (Å²) >= 11 is 0.330. The molecular weight excluding hydrogens is 527 g/mol. The van der Waals surface area contributed by atoms with Crippen molar-refractivity contribution in [2.45, 2.75) is 49.0 Å². The van der Waals surface area contributed by atoms with Gasteiger partial charge in [-0.05, 0) is 57.2 Å². The van der Waals surface area contributed by atoms with E-state index in [1.54, 1.807) is 57.2 Å². The average molecular weight is 548 g/mol. The Kier molecular flexibility index (Phi) is 6.47. The summed E-state index contributed by atoms with van der Waals surface area (Å²) in [4.78, 5) is 3.46. The van der Waals surface area contributed by atoms with Gasteiger partial charge in [0.15, 0.2) is 9.24 Å². The number of benzene rings is 3. The van der Waals surface area contributed by atoms with Gasteiger partial charge in [0, 0.05) is 0 Å². The maximum absolute atomic E-state index is 13.5. The van der Waals surface area contributed by atoms with E-state index in [-0.39, 0.29) is 14.7 Å². The molecule has 4 rings (SSSR count). The van der Waals surface area contributed by atoms with Crippen LogP contribution < -0.4 is 0 Å². The molecule has 0 bridgehead atoms. The number of hydrogen-bond acceptors (Lipinski definition) is 8. The number of aromatic nitrogens is 1. The van der Waals surface area contributed by atoms with Crippen LogP contribution in [0.1, 0.15) is 16.7 Å². The van der Waals surface area contributed by atoms with Crippen LogP contribution in [-0.4, -0.2) is 30.2 Å². The molecule has 0 aliphatic carbocycles. The van der Waals surface area contributed by atoms with E-state index in [4.69, 9.17) is 0 Å². The quantitative estimate of drug-likeness (QED) is 0.347. The summed E-state index contributed by atoms with van der Waals surface area (Å²) in [6.45, 7) is 5.35. The molecule has 0 aliphatic heterocycles. The summed E-state index contributed by atoms with van der Waals surface area (Å²) in [6.07, 6.45) is 0. The lowest BCUT2D eigenvalue weighted by Crippen LogP contribution is -2.10. The Hall–Kier alpha value is -2.86. The van der Waals surface area contributed by atoms with E-state index in [0.29, 0.717) is 11.3 Å². The van der Waals surface area contributed by atoms with Gasteiger partial charge in [-0.3, -0.25) is 0 Å². The Morgan fingerprint density at radius 1 is 0.514 bits per heavy atom. The first-order valence-corrected chi connectivity index (χ1v) is 15.6. The van der Waals surface area contributed by atoms with Crippen LogP contribution in [0.5, 0.6) is 0 Å². The summed E-state index contributed by atoms with van der Waals surface area (Å²) in [5, 5.41) is -0.808. The first-order valence-electron chi connectivity index (χ1n) is 10.3. The molecule has 182 valence electrons. The van der Waals surface area contributed by atoms with Gasteiger partial charge in [0.25, 0.3) is 0 Å². The van der Waals surface area contributed by atoms with Gasteiger partial charge < -0.3 is 0 Å². The molecule has 0 spiro atoms. The number of hydrogen-bond donors (Lipinski definition) is 0.